The first-order chi connectivity index (χ1) is 8.31. The van der Waals surface area contributed by atoms with Crippen LogP contribution in [0, 0.1) is 12.8 Å². The standard InChI is InChI=1S/C9H13N3O5S/c1-4-7(8(10)11-17-4)18(15,16)12-6-2-5(3-6)9(13)14/h5-6,12H,2-3H2,1H3,(H2,10,11)(H,13,14). The van der Waals surface area contributed by atoms with Crippen LogP contribution in [0.1, 0.15) is 18.6 Å². The number of carboxylic acid groups (broad SMARTS) is 1. The molecule has 0 atom stereocenters. The molecule has 0 radical (unpaired) electrons. The van der Waals surface area contributed by atoms with Crippen LogP contribution in [0.2, 0.25) is 0 Å². The van der Waals surface area contributed by atoms with Gasteiger partial charge in [-0.1, -0.05) is 5.16 Å². The number of hydrogen-bond acceptors (Lipinski definition) is 6. The van der Waals surface area contributed by atoms with Gasteiger partial charge in [0, 0.05) is 6.04 Å². The molecule has 0 unspecified atom stereocenters. The van der Waals surface area contributed by atoms with E-state index in [2.05, 4.69) is 14.4 Å². The summed E-state index contributed by atoms with van der Waals surface area (Å²) in [7, 11) is -3.81. The molecular weight excluding hydrogens is 262 g/mol. The van der Waals surface area contributed by atoms with Crippen LogP contribution in [0.5, 0.6) is 0 Å². The number of aliphatic carboxylic acids is 1. The summed E-state index contributed by atoms with van der Waals surface area (Å²) < 4.78 is 31.0. The largest absolute Gasteiger partial charge is 0.481 e. The van der Waals surface area contributed by atoms with Crippen LogP contribution < -0.4 is 10.5 Å². The zero-order valence-electron chi connectivity index (χ0n) is 9.58. The van der Waals surface area contributed by atoms with Gasteiger partial charge in [-0.05, 0) is 19.8 Å². The summed E-state index contributed by atoms with van der Waals surface area (Å²) >= 11 is 0. The van der Waals surface area contributed by atoms with Gasteiger partial charge in [0.2, 0.25) is 10.0 Å². The Bertz CT molecular complexity index is 554. The number of sulfonamides is 1. The molecule has 0 aliphatic heterocycles. The van der Waals surface area contributed by atoms with E-state index in [1.165, 1.54) is 6.92 Å². The quantitative estimate of drug-likeness (QED) is 0.686. The van der Waals surface area contributed by atoms with Gasteiger partial charge >= 0.3 is 5.97 Å². The van der Waals surface area contributed by atoms with Gasteiger partial charge in [0.1, 0.15) is 0 Å². The highest BCUT2D eigenvalue weighted by molar-refractivity contribution is 7.89. The summed E-state index contributed by atoms with van der Waals surface area (Å²) in [4.78, 5) is 10.4. The lowest BCUT2D eigenvalue weighted by Gasteiger charge is -2.32. The first kappa shape index (κ1) is 12.8. The Hall–Kier alpha value is -1.61. The second-order valence-corrected chi connectivity index (χ2v) is 5.93. The molecule has 0 aromatic carbocycles. The average Bonchev–Trinajstić information content (AvgIpc) is 2.51. The summed E-state index contributed by atoms with van der Waals surface area (Å²) in [6.45, 7) is 1.44. The highest BCUT2D eigenvalue weighted by atomic mass is 32.2. The number of aryl methyl sites for hydroxylation is 1. The van der Waals surface area contributed by atoms with Gasteiger partial charge in [0.25, 0.3) is 0 Å². The first-order valence-corrected chi connectivity index (χ1v) is 6.76. The molecular formula is C9H13N3O5S. The molecule has 18 heavy (non-hydrogen) atoms. The maximum Gasteiger partial charge on any atom is 0.306 e. The molecule has 1 saturated carbocycles. The van der Waals surface area contributed by atoms with Crippen LogP contribution in [0.4, 0.5) is 5.82 Å². The van der Waals surface area contributed by atoms with Crippen molar-refractivity contribution in [2.75, 3.05) is 5.73 Å². The number of anilines is 1. The molecule has 100 valence electrons. The Morgan fingerprint density at radius 1 is 1.56 bits per heavy atom. The molecule has 8 nitrogen and oxygen atoms in total. The van der Waals surface area contributed by atoms with E-state index < -0.39 is 21.9 Å². The third-order valence-electron chi connectivity index (χ3n) is 2.91. The lowest BCUT2D eigenvalue weighted by Crippen LogP contribution is -2.46. The number of aromatic nitrogens is 1. The average molecular weight is 275 g/mol. The predicted octanol–water partition coefficient (Wildman–Crippen LogP) is -0.293. The minimum Gasteiger partial charge on any atom is -0.481 e. The third-order valence-corrected chi connectivity index (χ3v) is 4.59. The molecule has 1 aliphatic carbocycles. The van der Waals surface area contributed by atoms with Gasteiger partial charge < -0.3 is 15.4 Å². The van der Waals surface area contributed by atoms with Crippen LogP contribution in [0.25, 0.3) is 0 Å². The summed E-state index contributed by atoms with van der Waals surface area (Å²) in [5.41, 5.74) is 5.42. The Kier molecular flexibility index (Phi) is 3.03. The fraction of sp³-hybridized carbons (Fsp3) is 0.556. The van der Waals surface area contributed by atoms with Crippen LogP contribution in [-0.2, 0) is 14.8 Å². The van der Waals surface area contributed by atoms with Crippen molar-refractivity contribution in [1.29, 1.82) is 0 Å². The number of rotatable bonds is 4. The van der Waals surface area contributed by atoms with E-state index in [4.69, 9.17) is 10.8 Å². The van der Waals surface area contributed by atoms with Crippen molar-refractivity contribution < 1.29 is 22.8 Å². The normalized spacial score (nSPS) is 23.6. The molecule has 2 rings (SSSR count). The molecule has 0 amide bonds. The number of hydrogen-bond donors (Lipinski definition) is 3. The highest BCUT2D eigenvalue weighted by Crippen LogP contribution is 2.30. The monoisotopic (exact) mass is 275 g/mol. The van der Waals surface area contributed by atoms with Crippen molar-refractivity contribution >= 4 is 21.8 Å². The number of nitrogens with zero attached hydrogens (tertiary/aromatic N) is 1. The lowest BCUT2D eigenvalue weighted by molar-refractivity contribution is -0.145. The summed E-state index contributed by atoms with van der Waals surface area (Å²) in [6.07, 6.45) is 0.553. The van der Waals surface area contributed by atoms with Crippen molar-refractivity contribution in [3.05, 3.63) is 5.76 Å². The molecule has 1 aromatic heterocycles. The van der Waals surface area contributed by atoms with E-state index >= 15 is 0 Å². The second kappa shape index (κ2) is 4.25. The van der Waals surface area contributed by atoms with Crippen molar-refractivity contribution in [3.8, 4) is 0 Å². The SMILES string of the molecule is Cc1onc(N)c1S(=O)(=O)NC1CC(C(=O)O)C1. The zero-order valence-corrected chi connectivity index (χ0v) is 10.4. The highest BCUT2D eigenvalue weighted by Gasteiger charge is 2.38. The Morgan fingerprint density at radius 3 is 2.61 bits per heavy atom. The maximum absolute atomic E-state index is 12.0. The van der Waals surface area contributed by atoms with E-state index in [0.717, 1.165) is 0 Å². The molecule has 1 aliphatic rings. The smallest absolute Gasteiger partial charge is 0.306 e. The van der Waals surface area contributed by atoms with Crippen molar-refractivity contribution in [2.45, 2.75) is 30.7 Å². The minimum absolute atomic E-state index is 0.106. The topological polar surface area (TPSA) is 136 Å². The molecule has 9 heteroatoms. The van der Waals surface area contributed by atoms with Crippen molar-refractivity contribution in [3.63, 3.8) is 0 Å². The van der Waals surface area contributed by atoms with E-state index in [9.17, 15) is 13.2 Å². The zero-order chi connectivity index (χ0) is 13.5. The van der Waals surface area contributed by atoms with Crippen molar-refractivity contribution in [2.24, 2.45) is 5.92 Å². The lowest BCUT2D eigenvalue weighted by atomic mass is 9.81. The maximum atomic E-state index is 12.0. The van der Waals surface area contributed by atoms with Gasteiger partial charge in [-0.25, -0.2) is 13.1 Å². The minimum atomic E-state index is -3.81. The number of carbonyl (C=O) groups is 1. The molecule has 0 spiro atoms. The predicted molar refractivity (Wildman–Crippen MR) is 60.1 cm³/mol. The second-order valence-electron chi connectivity index (χ2n) is 4.28. The van der Waals surface area contributed by atoms with E-state index in [1.54, 1.807) is 0 Å². The van der Waals surface area contributed by atoms with E-state index in [-0.39, 0.29) is 35.4 Å². The molecule has 0 bridgehead atoms. The molecule has 1 fully saturated rings. The van der Waals surface area contributed by atoms with Crippen LogP contribution in [0.15, 0.2) is 9.42 Å². The fourth-order valence-corrected chi connectivity index (χ4v) is 3.38. The van der Waals surface area contributed by atoms with Gasteiger partial charge in [-0.3, -0.25) is 4.79 Å². The Labute approximate surface area is 103 Å². The number of nitrogen functional groups attached to an aromatic ring is 1. The molecule has 4 N–H and O–H groups in total. The molecule has 0 saturated heterocycles. The fourth-order valence-electron chi connectivity index (χ4n) is 1.90. The molecule has 1 aromatic rings. The summed E-state index contributed by atoms with van der Waals surface area (Å²) in [5.74, 6) is -1.49. The Morgan fingerprint density at radius 2 is 2.17 bits per heavy atom. The van der Waals surface area contributed by atoms with Gasteiger partial charge in [0.05, 0.1) is 5.92 Å². The van der Waals surface area contributed by atoms with Gasteiger partial charge in [-0.2, -0.15) is 0 Å². The number of nitrogens with one attached hydrogen (secondary N) is 1. The van der Waals surface area contributed by atoms with Gasteiger partial charge in [-0.15, -0.1) is 0 Å². The first-order valence-electron chi connectivity index (χ1n) is 5.28. The van der Waals surface area contributed by atoms with Crippen LogP contribution in [0.3, 0.4) is 0 Å². The van der Waals surface area contributed by atoms with E-state index in [0.29, 0.717) is 0 Å². The van der Waals surface area contributed by atoms with E-state index in [1.807, 2.05) is 0 Å². The molecule has 1 heterocycles. The Balaban J connectivity index is 2.08. The van der Waals surface area contributed by atoms with Crippen LogP contribution in [-0.4, -0.2) is 30.7 Å². The summed E-state index contributed by atoms with van der Waals surface area (Å²) in [5, 5.41) is 12.1. The third kappa shape index (κ3) is 2.18. The van der Waals surface area contributed by atoms with Gasteiger partial charge in [0.15, 0.2) is 16.5 Å². The van der Waals surface area contributed by atoms with Crippen molar-refractivity contribution in [1.82, 2.24) is 9.88 Å². The number of nitrogens with two attached hydrogens (primary N) is 1. The van der Waals surface area contributed by atoms with Crippen LogP contribution >= 0.6 is 0 Å². The summed E-state index contributed by atoms with van der Waals surface area (Å²) in [6, 6.07) is -0.384. The number of carboxylic acids is 1.